The van der Waals surface area contributed by atoms with E-state index < -0.39 is 5.91 Å². The van der Waals surface area contributed by atoms with Crippen LogP contribution in [-0.4, -0.2) is 13.0 Å². The van der Waals surface area contributed by atoms with Crippen LogP contribution in [0.25, 0.3) is 0 Å². The SMILES string of the molecule is COc1ccc(N)c(C(=O)Nc2cc(Br)ccc2C#N)c1. The normalized spacial score (nSPS) is 9.76. The minimum atomic E-state index is -0.402. The highest BCUT2D eigenvalue weighted by Gasteiger charge is 2.13. The molecule has 0 fully saturated rings. The fourth-order valence-corrected chi connectivity index (χ4v) is 2.13. The molecule has 6 heteroatoms. The van der Waals surface area contributed by atoms with Crippen LogP contribution in [-0.2, 0) is 0 Å². The van der Waals surface area contributed by atoms with Gasteiger partial charge in [0.15, 0.2) is 0 Å². The molecule has 0 aliphatic carbocycles. The summed E-state index contributed by atoms with van der Waals surface area (Å²) in [5, 5.41) is 11.8. The number of anilines is 2. The monoisotopic (exact) mass is 345 g/mol. The van der Waals surface area contributed by atoms with E-state index in [-0.39, 0.29) is 0 Å². The second-order valence-electron chi connectivity index (χ2n) is 4.21. The predicted octanol–water partition coefficient (Wildman–Crippen LogP) is 3.16. The van der Waals surface area contributed by atoms with Crippen LogP contribution in [0.15, 0.2) is 40.9 Å². The average Bonchev–Trinajstić information content (AvgIpc) is 2.48. The maximum Gasteiger partial charge on any atom is 0.257 e. The van der Waals surface area contributed by atoms with E-state index in [1.165, 1.54) is 7.11 Å². The topological polar surface area (TPSA) is 88.1 Å². The molecule has 0 aliphatic rings. The molecule has 0 aromatic heterocycles. The van der Waals surface area contributed by atoms with Crippen LogP contribution in [0.2, 0.25) is 0 Å². The number of carbonyl (C=O) groups excluding carboxylic acids is 1. The van der Waals surface area contributed by atoms with Gasteiger partial charge in [0.05, 0.1) is 23.9 Å². The molecule has 3 N–H and O–H groups in total. The molecule has 0 aliphatic heterocycles. The number of hydrogen-bond acceptors (Lipinski definition) is 4. The fraction of sp³-hybridized carbons (Fsp3) is 0.0667. The molecule has 1 amide bonds. The number of benzene rings is 2. The van der Waals surface area contributed by atoms with Crippen molar-refractivity contribution in [2.45, 2.75) is 0 Å². The van der Waals surface area contributed by atoms with Gasteiger partial charge in [-0.2, -0.15) is 5.26 Å². The third-order valence-corrected chi connectivity index (χ3v) is 3.35. The molecule has 2 rings (SSSR count). The molecule has 2 aromatic rings. The lowest BCUT2D eigenvalue weighted by Gasteiger charge is -2.10. The van der Waals surface area contributed by atoms with Crippen molar-refractivity contribution in [3.05, 3.63) is 52.0 Å². The van der Waals surface area contributed by atoms with Gasteiger partial charge in [0.2, 0.25) is 0 Å². The van der Waals surface area contributed by atoms with Gasteiger partial charge >= 0.3 is 0 Å². The molecule has 0 saturated carbocycles. The van der Waals surface area contributed by atoms with Crippen molar-refractivity contribution in [2.75, 3.05) is 18.2 Å². The maximum absolute atomic E-state index is 12.3. The lowest BCUT2D eigenvalue weighted by molar-refractivity contribution is 0.102. The van der Waals surface area contributed by atoms with Gasteiger partial charge in [-0.3, -0.25) is 4.79 Å². The van der Waals surface area contributed by atoms with Crippen LogP contribution < -0.4 is 15.8 Å². The van der Waals surface area contributed by atoms with Crippen molar-refractivity contribution in [3.63, 3.8) is 0 Å². The highest BCUT2D eigenvalue weighted by atomic mass is 79.9. The number of methoxy groups -OCH3 is 1. The molecule has 106 valence electrons. The molecule has 0 unspecified atom stereocenters. The summed E-state index contributed by atoms with van der Waals surface area (Å²) in [6.45, 7) is 0. The summed E-state index contributed by atoms with van der Waals surface area (Å²) in [5.74, 6) is 0.130. The smallest absolute Gasteiger partial charge is 0.257 e. The number of halogens is 1. The van der Waals surface area contributed by atoms with Crippen LogP contribution in [0, 0.1) is 11.3 Å². The highest BCUT2D eigenvalue weighted by molar-refractivity contribution is 9.10. The van der Waals surface area contributed by atoms with Gasteiger partial charge in [0.1, 0.15) is 11.8 Å². The quantitative estimate of drug-likeness (QED) is 0.836. The first-order valence-electron chi connectivity index (χ1n) is 5.99. The Hall–Kier alpha value is -2.52. The van der Waals surface area contributed by atoms with E-state index in [1.807, 2.05) is 6.07 Å². The Balaban J connectivity index is 2.35. The van der Waals surface area contributed by atoms with Gasteiger partial charge in [-0.1, -0.05) is 15.9 Å². The number of nitriles is 1. The number of nitrogen functional groups attached to an aromatic ring is 1. The van der Waals surface area contributed by atoms with Gasteiger partial charge in [-0.05, 0) is 36.4 Å². The third kappa shape index (κ3) is 3.33. The molecule has 0 heterocycles. The summed E-state index contributed by atoms with van der Waals surface area (Å²) < 4.78 is 5.84. The van der Waals surface area contributed by atoms with Crippen LogP contribution >= 0.6 is 15.9 Å². The molecule has 0 bridgehead atoms. The van der Waals surface area contributed by atoms with Gasteiger partial charge in [0, 0.05) is 10.2 Å². The number of amides is 1. The largest absolute Gasteiger partial charge is 0.497 e. The Morgan fingerprint density at radius 2 is 2.10 bits per heavy atom. The van der Waals surface area contributed by atoms with Crippen molar-refractivity contribution in [3.8, 4) is 11.8 Å². The number of ether oxygens (including phenoxy) is 1. The summed E-state index contributed by atoms with van der Waals surface area (Å²) in [4.78, 5) is 12.3. The standard InChI is InChI=1S/C15H12BrN3O2/c1-21-11-4-5-13(18)12(7-11)15(20)19-14-6-10(16)3-2-9(14)8-17/h2-7H,18H2,1H3,(H,19,20). The van der Waals surface area contributed by atoms with Crippen LogP contribution in [0.5, 0.6) is 5.75 Å². The van der Waals surface area contributed by atoms with Crippen molar-refractivity contribution in [1.82, 2.24) is 0 Å². The molecule has 2 aromatic carbocycles. The Morgan fingerprint density at radius 1 is 1.33 bits per heavy atom. The van der Waals surface area contributed by atoms with E-state index in [0.717, 1.165) is 4.47 Å². The fourth-order valence-electron chi connectivity index (χ4n) is 1.77. The summed E-state index contributed by atoms with van der Waals surface area (Å²) in [6.07, 6.45) is 0. The Labute approximate surface area is 130 Å². The molecule has 5 nitrogen and oxygen atoms in total. The minimum absolute atomic E-state index is 0.290. The summed E-state index contributed by atoms with van der Waals surface area (Å²) in [6, 6.07) is 11.9. The van der Waals surface area contributed by atoms with Gasteiger partial charge in [-0.25, -0.2) is 0 Å². The zero-order valence-electron chi connectivity index (χ0n) is 11.2. The minimum Gasteiger partial charge on any atom is -0.497 e. The van der Waals surface area contributed by atoms with Crippen molar-refractivity contribution < 1.29 is 9.53 Å². The maximum atomic E-state index is 12.3. The Morgan fingerprint density at radius 3 is 2.76 bits per heavy atom. The van der Waals surface area contributed by atoms with Gasteiger partial charge in [0.25, 0.3) is 5.91 Å². The Kier molecular flexibility index (Phi) is 4.45. The zero-order valence-corrected chi connectivity index (χ0v) is 12.8. The molecule has 0 atom stereocenters. The number of rotatable bonds is 3. The molecule has 0 saturated heterocycles. The third-order valence-electron chi connectivity index (χ3n) is 2.86. The number of nitrogens with zero attached hydrogens (tertiary/aromatic N) is 1. The Bertz CT molecular complexity index is 738. The number of hydrogen-bond donors (Lipinski definition) is 2. The molecule has 21 heavy (non-hydrogen) atoms. The average molecular weight is 346 g/mol. The first-order valence-corrected chi connectivity index (χ1v) is 6.79. The van der Waals surface area contributed by atoms with Gasteiger partial charge in [-0.15, -0.1) is 0 Å². The number of carbonyl (C=O) groups is 1. The lowest BCUT2D eigenvalue weighted by Crippen LogP contribution is -2.15. The molecule has 0 radical (unpaired) electrons. The summed E-state index contributed by atoms with van der Waals surface area (Å²) in [7, 11) is 1.51. The first-order chi connectivity index (χ1) is 10.0. The van der Waals surface area contributed by atoms with Gasteiger partial charge < -0.3 is 15.8 Å². The van der Waals surface area contributed by atoms with E-state index in [4.69, 9.17) is 15.7 Å². The lowest BCUT2D eigenvalue weighted by atomic mass is 10.1. The van der Waals surface area contributed by atoms with Crippen LogP contribution in [0.4, 0.5) is 11.4 Å². The van der Waals surface area contributed by atoms with E-state index in [9.17, 15) is 4.79 Å². The number of nitrogens with one attached hydrogen (secondary N) is 1. The van der Waals surface area contributed by atoms with E-state index in [1.54, 1.807) is 36.4 Å². The van der Waals surface area contributed by atoms with Crippen molar-refractivity contribution >= 4 is 33.2 Å². The van der Waals surface area contributed by atoms with E-state index in [0.29, 0.717) is 28.3 Å². The molecular formula is C15H12BrN3O2. The molecular weight excluding hydrogens is 334 g/mol. The molecule has 0 spiro atoms. The van der Waals surface area contributed by atoms with Crippen LogP contribution in [0.3, 0.4) is 0 Å². The first kappa shape index (κ1) is 14.9. The van der Waals surface area contributed by atoms with Crippen molar-refractivity contribution in [2.24, 2.45) is 0 Å². The van der Waals surface area contributed by atoms with E-state index >= 15 is 0 Å². The second kappa shape index (κ2) is 6.29. The predicted molar refractivity (Wildman–Crippen MR) is 84.2 cm³/mol. The van der Waals surface area contributed by atoms with Crippen molar-refractivity contribution in [1.29, 1.82) is 5.26 Å². The number of nitrogens with two attached hydrogens (primary N) is 1. The second-order valence-corrected chi connectivity index (χ2v) is 5.12. The zero-order chi connectivity index (χ0) is 15.4. The van der Waals surface area contributed by atoms with E-state index in [2.05, 4.69) is 21.2 Å². The van der Waals surface area contributed by atoms with Crippen LogP contribution in [0.1, 0.15) is 15.9 Å². The summed E-state index contributed by atoms with van der Waals surface area (Å²) >= 11 is 3.30. The highest BCUT2D eigenvalue weighted by Crippen LogP contribution is 2.24. The summed E-state index contributed by atoms with van der Waals surface area (Å²) in [5.41, 5.74) is 7.22.